The smallest absolute Gasteiger partial charge is 0.143 e. The van der Waals surface area contributed by atoms with E-state index in [-0.39, 0.29) is 0 Å². The normalized spacial score (nSPS) is 11.5. The third kappa shape index (κ3) is 5.85. The van der Waals surface area contributed by atoms with Crippen LogP contribution >= 0.6 is 0 Å². The van der Waals surface area contributed by atoms with E-state index in [1.165, 1.54) is 22.3 Å². The first-order valence-electron chi connectivity index (χ1n) is 19.3. The average molecular weight is 730 g/mol. The zero-order valence-corrected chi connectivity index (χ0v) is 31.0. The number of furan rings is 2. The van der Waals surface area contributed by atoms with Crippen LogP contribution in [-0.4, -0.2) is 0 Å². The lowest BCUT2D eigenvalue weighted by Crippen LogP contribution is -2.10. The van der Waals surface area contributed by atoms with Gasteiger partial charge in [0, 0.05) is 44.2 Å². The van der Waals surface area contributed by atoms with Crippen molar-refractivity contribution in [1.29, 1.82) is 0 Å². The summed E-state index contributed by atoms with van der Waals surface area (Å²) in [5, 5.41) is 4.50. The zero-order valence-electron chi connectivity index (χ0n) is 31.0. The van der Waals surface area contributed by atoms with Gasteiger partial charge in [-0.3, -0.25) is 0 Å². The number of nitrogens with zero attached hydrogens (tertiary/aromatic N) is 1. The summed E-state index contributed by atoms with van der Waals surface area (Å²) >= 11 is 0. The molecule has 268 valence electrons. The fraction of sp³-hybridized carbons (Fsp3) is 0. The molecule has 0 aliphatic rings. The third-order valence-corrected chi connectivity index (χ3v) is 11.1. The molecule has 0 atom stereocenters. The summed E-state index contributed by atoms with van der Waals surface area (Å²) in [5.74, 6) is 0. The zero-order chi connectivity index (χ0) is 37.7. The SMILES string of the molecule is c1ccc(-c2ccc(-c3ccc(N(c4ccc(-c5ccc6oc7ccccc7c6c5)cc4)c4cccc(-c5cccc6c5oc5ccccc56)c4)cc3)cc2)cc1. The van der Waals surface area contributed by atoms with Crippen LogP contribution in [0.4, 0.5) is 17.1 Å². The van der Waals surface area contributed by atoms with Crippen LogP contribution < -0.4 is 4.90 Å². The van der Waals surface area contributed by atoms with Crippen LogP contribution in [0, 0.1) is 0 Å². The molecule has 0 spiro atoms. The molecule has 3 nitrogen and oxygen atoms in total. The van der Waals surface area contributed by atoms with Crippen molar-refractivity contribution in [1.82, 2.24) is 0 Å². The molecule has 3 heteroatoms. The van der Waals surface area contributed by atoms with Gasteiger partial charge in [-0.1, -0.05) is 152 Å². The van der Waals surface area contributed by atoms with Gasteiger partial charge in [0.15, 0.2) is 0 Å². The molecule has 0 radical (unpaired) electrons. The van der Waals surface area contributed by atoms with Crippen LogP contribution in [0.5, 0.6) is 0 Å². The highest BCUT2D eigenvalue weighted by Crippen LogP contribution is 2.41. The van der Waals surface area contributed by atoms with Crippen LogP contribution in [0.25, 0.3) is 88.4 Å². The van der Waals surface area contributed by atoms with E-state index in [2.05, 4.69) is 193 Å². The molecule has 2 heterocycles. The summed E-state index contributed by atoms with van der Waals surface area (Å²) in [6.45, 7) is 0. The molecule has 2 aromatic heterocycles. The van der Waals surface area contributed by atoms with Gasteiger partial charge in [-0.25, -0.2) is 0 Å². The molecule has 0 N–H and O–H groups in total. The van der Waals surface area contributed by atoms with Crippen molar-refractivity contribution >= 4 is 60.9 Å². The Morgan fingerprint density at radius 3 is 1.42 bits per heavy atom. The lowest BCUT2D eigenvalue weighted by Gasteiger charge is -2.26. The van der Waals surface area contributed by atoms with Crippen molar-refractivity contribution < 1.29 is 8.83 Å². The Bertz CT molecular complexity index is 3210. The largest absolute Gasteiger partial charge is 0.456 e. The van der Waals surface area contributed by atoms with Crippen molar-refractivity contribution in [3.8, 4) is 44.5 Å². The molecule has 0 aliphatic carbocycles. The minimum atomic E-state index is 0.896. The lowest BCUT2D eigenvalue weighted by molar-refractivity contribution is 0.669. The first-order chi connectivity index (χ1) is 28.2. The van der Waals surface area contributed by atoms with E-state index in [9.17, 15) is 0 Å². The highest BCUT2D eigenvalue weighted by Gasteiger charge is 2.17. The van der Waals surface area contributed by atoms with Crippen LogP contribution in [0.2, 0.25) is 0 Å². The third-order valence-electron chi connectivity index (χ3n) is 11.1. The van der Waals surface area contributed by atoms with Crippen molar-refractivity contribution in [2.75, 3.05) is 4.90 Å². The van der Waals surface area contributed by atoms with E-state index in [0.29, 0.717) is 0 Å². The Labute approximate surface area is 330 Å². The molecule has 11 rings (SSSR count). The van der Waals surface area contributed by atoms with Gasteiger partial charge < -0.3 is 13.7 Å². The molecule has 57 heavy (non-hydrogen) atoms. The molecular weight excluding hydrogens is 695 g/mol. The van der Waals surface area contributed by atoms with Gasteiger partial charge in [-0.15, -0.1) is 0 Å². The van der Waals surface area contributed by atoms with Gasteiger partial charge in [0.1, 0.15) is 22.3 Å². The quantitative estimate of drug-likeness (QED) is 0.164. The molecular formula is C54H35NO2. The van der Waals surface area contributed by atoms with E-state index >= 15 is 0 Å². The Kier molecular flexibility index (Phi) is 7.82. The van der Waals surface area contributed by atoms with Gasteiger partial charge in [0.25, 0.3) is 0 Å². The highest BCUT2D eigenvalue weighted by atomic mass is 16.3. The molecule has 0 amide bonds. The van der Waals surface area contributed by atoms with Crippen LogP contribution in [0.1, 0.15) is 0 Å². The average Bonchev–Trinajstić information content (AvgIpc) is 3.86. The van der Waals surface area contributed by atoms with Gasteiger partial charge in [0.2, 0.25) is 0 Å². The number of hydrogen-bond acceptors (Lipinski definition) is 3. The molecule has 0 fully saturated rings. The van der Waals surface area contributed by atoms with Crippen LogP contribution in [0.3, 0.4) is 0 Å². The van der Waals surface area contributed by atoms with Gasteiger partial charge >= 0.3 is 0 Å². The number of benzene rings is 9. The van der Waals surface area contributed by atoms with Crippen LogP contribution in [-0.2, 0) is 0 Å². The summed E-state index contributed by atoms with van der Waals surface area (Å²) < 4.78 is 12.6. The number of para-hydroxylation sites is 3. The molecule has 0 saturated heterocycles. The number of anilines is 3. The molecule has 0 aliphatic heterocycles. The van der Waals surface area contributed by atoms with Crippen LogP contribution in [0.15, 0.2) is 221 Å². The van der Waals surface area contributed by atoms with Crippen molar-refractivity contribution in [3.63, 3.8) is 0 Å². The number of hydrogen-bond donors (Lipinski definition) is 0. The maximum Gasteiger partial charge on any atom is 0.143 e. The monoisotopic (exact) mass is 729 g/mol. The second-order valence-corrected chi connectivity index (χ2v) is 14.5. The molecule has 0 unspecified atom stereocenters. The van der Waals surface area contributed by atoms with Gasteiger partial charge in [-0.2, -0.15) is 0 Å². The van der Waals surface area contributed by atoms with Crippen molar-refractivity contribution in [3.05, 3.63) is 212 Å². The second kappa shape index (κ2) is 13.6. The Balaban J connectivity index is 0.989. The van der Waals surface area contributed by atoms with Crippen molar-refractivity contribution in [2.24, 2.45) is 0 Å². The topological polar surface area (TPSA) is 29.5 Å². The fourth-order valence-electron chi connectivity index (χ4n) is 8.23. The number of rotatable bonds is 7. The molecule has 0 saturated carbocycles. The van der Waals surface area contributed by atoms with Crippen molar-refractivity contribution in [2.45, 2.75) is 0 Å². The minimum Gasteiger partial charge on any atom is -0.456 e. The lowest BCUT2D eigenvalue weighted by atomic mass is 9.99. The van der Waals surface area contributed by atoms with E-state index in [1.807, 2.05) is 24.3 Å². The predicted octanol–water partition coefficient (Wildman–Crippen LogP) is 15.6. The van der Waals surface area contributed by atoms with Gasteiger partial charge in [0.05, 0.1) is 0 Å². The maximum atomic E-state index is 6.48. The molecule has 0 bridgehead atoms. The Morgan fingerprint density at radius 2 is 0.737 bits per heavy atom. The fourth-order valence-corrected chi connectivity index (χ4v) is 8.23. The van der Waals surface area contributed by atoms with E-state index in [4.69, 9.17) is 8.83 Å². The van der Waals surface area contributed by atoms with Gasteiger partial charge in [-0.05, 0) is 99.6 Å². The second-order valence-electron chi connectivity index (χ2n) is 14.5. The van der Waals surface area contributed by atoms with E-state index in [1.54, 1.807) is 0 Å². The first kappa shape index (κ1) is 32.8. The van der Waals surface area contributed by atoms with E-state index in [0.717, 1.165) is 83.2 Å². The standard InChI is InChI=1S/C54H35NO2/c1-2-10-36(11-3-1)37-20-22-38(23-21-37)39-24-29-43(30-25-39)55(44-31-26-40(27-32-44)41-28-33-53-50(35-41)48-15-5-6-18-51(48)56-53)45-13-8-12-42(34-45)46-16-9-17-49-47-14-4-7-19-52(47)57-54(46)49/h1-35H. The first-order valence-corrected chi connectivity index (χ1v) is 19.3. The molecule has 9 aromatic carbocycles. The summed E-state index contributed by atoms with van der Waals surface area (Å²) in [7, 11) is 0. The highest BCUT2D eigenvalue weighted by molar-refractivity contribution is 6.10. The summed E-state index contributed by atoms with van der Waals surface area (Å²) in [6, 6.07) is 75.2. The predicted molar refractivity (Wildman–Crippen MR) is 237 cm³/mol. The maximum absolute atomic E-state index is 6.48. The summed E-state index contributed by atoms with van der Waals surface area (Å²) in [5.41, 5.74) is 16.0. The minimum absolute atomic E-state index is 0.896. The number of fused-ring (bicyclic) bond motifs is 6. The molecule has 11 aromatic rings. The summed E-state index contributed by atoms with van der Waals surface area (Å²) in [4.78, 5) is 2.33. The van der Waals surface area contributed by atoms with E-state index < -0.39 is 0 Å². The summed E-state index contributed by atoms with van der Waals surface area (Å²) in [6.07, 6.45) is 0. The Hall–Kier alpha value is -7.62. The Morgan fingerprint density at radius 1 is 0.263 bits per heavy atom.